The van der Waals surface area contributed by atoms with E-state index in [1.807, 2.05) is 0 Å². The molecule has 0 saturated carbocycles. The van der Waals surface area contributed by atoms with E-state index in [9.17, 15) is 13.6 Å². The van der Waals surface area contributed by atoms with Gasteiger partial charge in [-0.3, -0.25) is 4.79 Å². The van der Waals surface area contributed by atoms with Crippen LogP contribution in [0.15, 0.2) is 42.5 Å². The minimum atomic E-state index is -2.89. The molecule has 0 unspecified atom stereocenters. The number of alkyl halides is 2. The summed E-state index contributed by atoms with van der Waals surface area (Å²) in [4.78, 5) is 12.0. The zero-order valence-electron chi connectivity index (χ0n) is 10.4. The number of carbonyl (C=O) groups excluding carboxylic acids is 1. The van der Waals surface area contributed by atoms with Crippen LogP contribution in [0.3, 0.4) is 0 Å². The fourth-order valence-electron chi connectivity index (χ4n) is 1.57. The molecule has 0 aliphatic rings. The average molecular weight is 424 g/mol. The quantitative estimate of drug-likeness (QED) is 0.718. The highest BCUT2D eigenvalue weighted by Gasteiger charge is 2.10. The van der Waals surface area contributed by atoms with Gasteiger partial charge in [0.25, 0.3) is 5.91 Å². The predicted molar refractivity (Wildman–Crippen MR) is 85.2 cm³/mol. The third-order valence-electron chi connectivity index (χ3n) is 2.52. The third kappa shape index (κ3) is 4.53. The van der Waals surface area contributed by atoms with Crippen molar-refractivity contribution in [1.29, 1.82) is 0 Å². The smallest absolute Gasteiger partial charge is 0.387 e. The fourth-order valence-corrected chi connectivity index (χ4v) is 2.58. The van der Waals surface area contributed by atoms with Crippen molar-refractivity contribution in [2.75, 3.05) is 5.32 Å². The first kappa shape index (κ1) is 16.0. The summed E-state index contributed by atoms with van der Waals surface area (Å²) >= 11 is 7.89. The van der Waals surface area contributed by atoms with Crippen molar-refractivity contribution in [3.05, 3.63) is 56.6 Å². The lowest BCUT2D eigenvalue weighted by atomic mass is 10.2. The average Bonchev–Trinajstić information content (AvgIpc) is 2.42. The Morgan fingerprint density at radius 2 is 1.86 bits per heavy atom. The van der Waals surface area contributed by atoms with Gasteiger partial charge >= 0.3 is 6.61 Å². The van der Waals surface area contributed by atoms with Crippen LogP contribution in [-0.4, -0.2) is 12.5 Å². The molecule has 110 valence electrons. The van der Waals surface area contributed by atoms with E-state index in [2.05, 4.69) is 32.6 Å². The number of anilines is 1. The van der Waals surface area contributed by atoms with Gasteiger partial charge in [-0.2, -0.15) is 8.78 Å². The summed E-state index contributed by atoms with van der Waals surface area (Å²) in [6, 6.07) is 10.5. The Morgan fingerprint density at radius 3 is 2.43 bits per heavy atom. The topological polar surface area (TPSA) is 38.3 Å². The molecular weight excluding hydrogens is 415 g/mol. The lowest BCUT2D eigenvalue weighted by Gasteiger charge is -2.09. The molecule has 1 N–H and O–H groups in total. The molecule has 0 radical (unpaired) electrons. The van der Waals surface area contributed by atoms with Crippen molar-refractivity contribution >= 4 is 45.8 Å². The van der Waals surface area contributed by atoms with E-state index in [1.165, 1.54) is 24.3 Å². The van der Waals surface area contributed by atoms with Gasteiger partial charge in [-0.15, -0.1) is 0 Å². The fraction of sp³-hybridized carbons (Fsp3) is 0.0714. The molecule has 3 nitrogen and oxygen atoms in total. The Kier molecular flexibility index (Phi) is 5.35. The van der Waals surface area contributed by atoms with Crippen LogP contribution in [0.1, 0.15) is 10.4 Å². The van der Waals surface area contributed by atoms with Gasteiger partial charge in [0.1, 0.15) is 5.75 Å². The van der Waals surface area contributed by atoms with Crippen molar-refractivity contribution < 1.29 is 18.3 Å². The molecule has 0 aliphatic carbocycles. The first-order chi connectivity index (χ1) is 9.95. The van der Waals surface area contributed by atoms with Crippen LogP contribution in [0.5, 0.6) is 5.75 Å². The lowest BCUT2D eigenvalue weighted by Crippen LogP contribution is -2.12. The van der Waals surface area contributed by atoms with Crippen molar-refractivity contribution in [2.45, 2.75) is 6.61 Å². The normalized spacial score (nSPS) is 10.5. The number of carbonyl (C=O) groups is 1. The summed E-state index contributed by atoms with van der Waals surface area (Å²) < 4.78 is 29.1. The summed E-state index contributed by atoms with van der Waals surface area (Å²) in [5.74, 6) is -0.346. The number of hydrogen-bond acceptors (Lipinski definition) is 2. The number of rotatable bonds is 4. The molecule has 2 rings (SSSR count). The number of nitrogens with one attached hydrogen (secondary N) is 1. The summed E-state index contributed by atoms with van der Waals surface area (Å²) in [6.45, 7) is -2.89. The molecule has 0 bridgehead atoms. The largest absolute Gasteiger partial charge is 0.435 e. The first-order valence-corrected chi connectivity index (χ1v) is 7.22. The van der Waals surface area contributed by atoms with Crippen molar-refractivity contribution in [2.24, 2.45) is 0 Å². The summed E-state index contributed by atoms with van der Waals surface area (Å²) in [5, 5.41) is 3.29. The third-order valence-corrected chi connectivity index (χ3v) is 3.65. The minimum Gasteiger partial charge on any atom is -0.435 e. The van der Waals surface area contributed by atoms with Gasteiger partial charge in [-0.25, -0.2) is 0 Å². The van der Waals surface area contributed by atoms with Crippen LogP contribution in [0, 0.1) is 3.57 Å². The van der Waals surface area contributed by atoms with Crippen LogP contribution in [0.2, 0.25) is 5.02 Å². The molecule has 0 atom stereocenters. The van der Waals surface area contributed by atoms with E-state index in [0.29, 0.717) is 16.3 Å². The van der Waals surface area contributed by atoms with Crippen LogP contribution < -0.4 is 10.1 Å². The van der Waals surface area contributed by atoms with Gasteiger partial charge in [-0.05, 0) is 65.1 Å². The molecular formula is C14H9ClF2INO2. The molecule has 0 fully saturated rings. The van der Waals surface area contributed by atoms with Gasteiger partial charge in [0.05, 0.1) is 5.69 Å². The van der Waals surface area contributed by atoms with Crippen LogP contribution >= 0.6 is 34.2 Å². The van der Waals surface area contributed by atoms with Crippen molar-refractivity contribution in [3.8, 4) is 5.75 Å². The zero-order chi connectivity index (χ0) is 15.4. The minimum absolute atomic E-state index is 0.00243. The van der Waals surface area contributed by atoms with E-state index >= 15 is 0 Å². The van der Waals surface area contributed by atoms with E-state index < -0.39 is 6.61 Å². The van der Waals surface area contributed by atoms with Gasteiger partial charge in [-0.1, -0.05) is 11.6 Å². The summed E-state index contributed by atoms with van der Waals surface area (Å²) in [6.07, 6.45) is 0. The van der Waals surface area contributed by atoms with E-state index in [4.69, 9.17) is 11.6 Å². The second kappa shape index (κ2) is 7.04. The summed E-state index contributed by atoms with van der Waals surface area (Å²) in [5.41, 5.74) is 0.959. The number of amides is 1. The maximum absolute atomic E-state index is 12.0. The van der Waals surface area contributed by atoms with E-state index in [-0.39, 0.29) is 11.7 Å². The highest BCUT2D eigenvalue weighted by molar-refractivity contribution is 14.1. The Bertz CT molecular complexity index is 650. The molecule has 0 spiro atoms. The van der Waals surface area contributed by atoms with Gasteiger partial charge in [0.2, 0.25) is 0 Å². The molecule has 21 heavy (non-hydrogen) atoms. The Labute approximate surface area is 138 Å². The van der Waals surface area contributed by atoms with Crippen LogP contribution in [-0.2, 0) is 0 Å². The maximum Gasteiger partial charge on any atom is 0.387 e. The number of halogens is 4. The monoisotopic (exact) mass is 423 g/mol. The Balaban J connectivity index is 2.09. The van der Waals surface area contributed by atoms with Crippen LogP contribution in [0.4, 0.5) is 14.5 Å². The van der Waals surface area contributed by atoms with Crippen LogP contribution in [0.25, 0.3) is 0 Å². The first-order valence-electron chi connectivity index (χ1n) is 5.77. The molecule has 0 saturated heterocycles. The lowest BCUT2D eigenvalue weighted by molar-refractivity contribution is -0.0498. The molecule has 0 aromatic heterocycles. The van der Waals surface area contributed by atoms with Gasteiger partial charge in [0.15, 0.2) is 0 Å². The zero-order valence-corrected chi connectivity index (χ0v) is 13.4. The standard InChI is InChI=1S/C14H9ClF2INO2/c15-9-3-6-12(11(18)7-9)19-13(20)8-1-4-10(5-2-8)21-14(16)17/h1-7,14H,(H,19,20). The molecule has 2 aromatic carbocycles. The molecule has 0 aliphatic heterocycles. The van der Waals surface area contributed by atoms with Crippen molar-refractivity contribution in [3.63, 3.8) is 0 Å². The molecule has 0 heterocycles. The Hall–Kier alpha value is -1.41. The summed E-state index contributed by atoms with van der Waals surface area (Å²) in [7, 11) is 0. The SMILES string of the molecule is O=C(Nc1ccc(Cl)cc1I)c1ccc(OC(F)F)cc1. The second-order valence-electron chi connectivity index (χ2n) is 3.98. The number of benzene rings is 2. The van der Waals surface area contributed by atoms with Gasteiger partial charge < -0.3 is 10.1 Å². The molecule has 7 heteroatoms. The Morgan fingerprint density at radius 1 is 1.19 bits per heavy atom. The van der Waals surface area contributed by atoms with E-state index in [0.717, 1.165) is 3.57 Å². The highest BCUT2D eigenvalue weighted by atomic mass is 127. The number of ether oxygens (including phenoxy) is 1. The second-order valence-corrected chi connectivity index (χ2v) is 5.58. The molecule has 2 aromatic rings. The van der Waals surface area contributed by atoms with E-state index in [1.54, 1.807) is 18.2 Å². The number of hydrogen-bond donors (Lipinski definition) is 1. The van der Waals surface area contributed by atoms with Crippen molar-refractivity contribution in [1.82, 2.24) is 0 Å². The maximum atomic E-state index is 12.0. The molecule has 1 amide bonds. The van der Waals surface area contributed by atoms with Gasteiger partial charge in [0, 0.05) is 14.2 Å². The predicted octanol–water partition coefficient (Wildman–Crippen LogP) is 4.80. The highest BCUT2D eigenvalue weighted by Crippen LogP contribution is 2.23.